The van der Waals surface area contributed by atoms with E-state index in [2.05, 4.69) is 81.5 Å². The van der Waals surface area contributed by atoms with Crippen molar-refractivity contribution in [2.24, 2.45) is 0 Å². The van der Waals surface area contributed by atoms with Gasteiger partial charge in [0.05, 0.1) is 0 Å². The molecule has 0 saturated heterocycles. The van der Waals surface area contributed by atoms with Gasteiger partial charge in [-0.2, -0.15) is 0 Å². The van der Waals surface area contributed by atoms with Gasteiger partial charge in [0.1, 0.15) is 13.2 Å². The van der Waals surface area contributed by atoms with Gasteiger partial charge in [-0.25, -0.2) is 0 Å². The van der Waals surface area contributed by atoms with Crippen molar-refractivity contribution in [3.8, 4) is 0 Å². The van der Waals surface area contributed by atoms with Crippen LogP contribution in [0, 0.1) is 0 Å². The van der Waals surface area contributed by atoms with Crippen molar-refractivity contribution in [3.63, 3.8) is 0 Å². The van der Waals surface area contributed by atoms with E-state index in [9.17, 15) is 14.4 Å². The van der Waals surface area contributed by atoms with Gasteiger partial charge in [-0.05, 0) is 83.5 Å². The van der Waals surface area contributed by atoms with Gasteiger partial charge in [-0.1, -0.05) is 274 Å². The first-order chi connectivity index (χ1) is 35.0. The van der Waals surface area contributed by atoms with Crippen LogP contribution in [0.4, 0.5) is 0 Å². The third-order valence-electron chi connectivity index (χ3n) is 13.5. The number of hydrogen-bond acceptors (Lipinski definition) is 6. The molecule has 6 heteroatoms. The molecule has 0 rings (SSSR count). The van der Waals surface area contributed by atoms with Gasteiger partial charge in [0, 0.05) is 19.3 Å². The molecule has 1 atom stereocenters. The van der Waals surface area contributed by atoms with Crippen LogP contribution in [0.3, 0.4) is 0 Å². The van der Waals surface area contributed by atoms with Gasteiger partial charge in [-0.3, -0.25) is 14.4 Å². The molecule has 0 saturated carbocycles. The Morgan fingerprint density at radius 1 is 0.296 bits per heavy atom. The monoisotopic (exact) mass is 993 g/mol. The predicted octanol–water partition coefficient (Wildman–Crippen LogP) is 20.8. The largest absolute Gasteiger partial charge is 0.462 e. The number of unbranched alkanes of at least 4 members (excludes halogenated alkanes) is 35. The number of hydrogen-bond donors (Lipinski definition) is 0. The SMILES string of the molecule is CC/C=C\C/C=C\C/C=C\C/C=C\CCCCCCCCCCC(=O)OCC(COC(=O)CCCCCCCCCCCCC)OC(=O)CCCCCCCCCCC/C=C\CCCCCCCCCC. The van der Waals surface area contributed by atoms with Crippen LogP contribution in [0.5, 0.6) is 0 Å². The lowest BCUT2D eigenvalue weighted by Crippen LogP contribution is -2.30. The number of rotatable bonds is 56. The van der Waals surface area contributed by atoms with Crippen LogP contribution in [0.2, 0.25) is 0 Å². The summed E-state index contributed by atoms with van der Waals surface area (Å²) in [5, 5.41) is 0. The van der Waals surface area contributed by atoms with Gasteiger partial charge in [-0.15, -0.1) is 0 Å². The maximum absolute atomic E-state index is 12.9. The molecule has 0 aromatic heterocycles. The van der Waals surface area contributed by atoms with E-state index in [0.717, 1.165) is 89.9 Å². The topological polar surface area (TPSA) is 78.9 Å². The maximum Gasteiger partial charge on any atom is 0.306 e. The highest BCUT2D eigenvalue weighted by molar-refractivity contribution is 5.71. The predicted molar refractivity (Wildman–Crippen MR) is 307 cm³/mol. The molecule has 0 aliphatic carbocycles. The highest BCUT2D eigenvalue weighted by atomic mass is 16.6. The van der Waals surface area contributed by atoms with E-state index in [0.29, 0.717) is 19.3 Å². The quantitative estimate of drug-likeness (QED) is 0.0261. The summed E-state index contributed by atoms with van der Waals surface area (Å²) in [7, 11) is 0. The van der Waals surface area contributed by atoms with E-state index in [4.69, 9.17) is 14.2 Å². The summed E-state index contributed by atoms with van der Waals surface area (Å²) in [6.07, 6.45) is 75.1. The molecule has 0 N–H and O–H groups in total. The molecular weight excluding hydrogens is 877 g/mol. The molecule has 6 nitrogen and oxygen atoms in total. The van der Waals surface area contributed by atoms with Gasteiger partial charge in [0.2, 0.25) is 0 Å². The molecule has 0 bridgehead atoms. The van der Waals surface area contributed by atoms with Crippen molar-refractivity contribution in [2.75, 3.05) is 13.2 Å². The lowest BCUT2D eigenvalue weighted by molar-refractivity contribution is -0.167. The first kappa shape index (κ1) is 68.1. The fourth-order valence-electron chi connectivity index (χ4n) is 8.90. The molecule has 0 aliphatic rings. The normalized spacial score (nSPS) is 12.4. The second kappa shape index (κ2) is 59.7. The number of allylic oxidation sites excluding steroid dienone is 10. The molecule has 0 radical (unpaired) electrons. The Kier molecular flexibility index (Phi) is 57.2. The zero-order chi connectivity index (χ0) is 51.4. The van der Waals surface area contributed by atoms with Crippen molar-refractivity contribution in [1.29, 1.82) is 0 Å². The van der Waals surface area contributed by atoms with Crippen molar-refractivity contribution < 1.29 is 28.6 Å². The number of carbonyl (C=O) groups is 3. The van der Waals surface area contributed by atoms with Gasteiger partial charge < -0.3 is 14.2 Å². The lowest BCUT2D eigenvalue weighted by atomic mass is 10.1. The van der Waals surface area contributed by atoms with E-state index in [1.807, 2.05) is 0 Å². The smallest absolute Gasteiger partial charge is 0.306 e. The summed E-state index contributed by atoms with van der Waals surface area (Å²) < 4.78 is 16.9. The second-order valence-corrected chi connectivity index (χ2v) is 20.6. The summed E-state index contributed by atoms with van der Waals surface area (Å²) in [5.74, 6) is -0.871. The third kappa shape index (κ3) is 57.9. The Morgan fingerprint density at radius 3 is 0.873 bits per heavy atom. The van der Waals surface area contributed by atoms with Crippen LogP contribution < -0.4 is 0 Å². The molecule has 0 aromatic carbocycles. The number of carbonyl (C=O) groups excluding carboxylic acids is 3. The van der Waals surface area contributed by atoms with Crippen molar-refractivity contribution in [3.05, 3.63) is 60.8 Å². The molecule has 0 spiro atoms. The fraction of sp³-hybridized carbons (Fsp3) is 0.800. The number of ether oxygens (including phenoxy) is 3. The van der Waals surface area contributed by atoms with Crippen LogP contribution in [-0.4, -0.2) is 37.2 Å². The molecule has 0 fully saturated rings. The van der Waals surface area contributed by atoms with E-state index in [1.165, 1.54) is 186 Å². The Hall–Kier alpha value is -2.89. The zero-order valence-corrected chi connectivity index (χ0v) is 47.2. The Bertz CT molecular complexity index is 1280. The van der Waals surface area contributed by atoms with E-state index in [-0.39, 0.29) is 31.1 Å². The van der Waals surface area contributed by atoms with E-state index in [1.54, 1.807) is 0 Å². The summed E-state index contributed by atoms with van der Waals surface area (Å²) >= 11 is 0. The summed E-state index contributed by atoms with van der Waals surface area (Å²) in [6, 6.07) is 0. The zero-order valence-electron chi connectivity index (χ0n) is 47.2. The van der Waals surface area contributed by atoms with Crippen LogP contribution in [0.1, 0.15) is 316 Å². The van der Waals surface area contributed by atoms with Crippen molar-refractivity contribution >= 4 is 17.9 Å². The number of esters is 3. The average molecular weight is 994 g/mol. The van der Waals surface area contributed by atoms with Crippen molar-refractivity contribution in [2.45, 2.75) is 322 Å². The van der Waals surface area contributed by atoms with E-state index < -0.39 is 6.10 Å². The van der Waals surface area contributed by atoms with Crippen LogP contribution in [0.15, 0.2) is 60.8 Å². The minimum absolute atomic E-state index is 0.0745. The fourth-order valence-corrected chi connectivity index (χ4v) is 8.90. The minimum atomic E-state index is -0.777. The van der Waals surface area contributed by atoms with Crippen LogP contribution in [-0.2, 0) is 28.6 Å². The first-order valence-corrected chi connectivity index (χ1v) is 30.8. The molecule has 0 heterocycles. The highest BCUT2D eigenvalue weighted by Gasteiger charge is 2.19. The van der Waals surface area contributed by atoms with Crippen LogP contribution in [0.25, 0.3) is 0 Å². The first-order valence-electron chi connectivity index (χ1n) is 30.8. The second-order valence-electron chi connectivity index (χ2n) is 20.6. The lowest BCUT2D eigenvalue weighted by Gasteiger charge is -2.18. The summed E-state index contributed by atoms with van der Waals surface area (Å²) in [5.41, 5.74) is 0. The molecule has 71 heavy (non-hydrogen) atoms. The highest BCUT2D eigenvalue weighted by Crippen LogP contribution is 2.16. The molecule has 0 amide bonds. The van der Waals surface area contributed by atoms with Gasteiger partial charge >= 0.3 is 17.9 Å². The Balaban J connectivity index is 4.30. The molecule has 412 valence electrons. The van der Waals surface area contributed by atoms with Crippen LogP contribution >= 0.6 is 0 Å². The maximum atomic E-state index is 12.9. The average Bonchev–Trinajstić information content (AvgIpc) is 3.37. The molecule has 1 unspecified atom stereocenters. The minimum Gasteiger partial charge on any atom is -0.462 e. The molecule has 0 aromatic rings. The Morgan fingerprint density at radius 2 is 0.549 bits per heavy atom. The van der Waals surface area contributed by atoms with E-state index >= 15 is 0 Å². The summed E-state index contributed by atoms with van der Waals surface area (Å²) in [6.45, 7) is 6.55. The van der Waals surface area contributed by atoms with Gasteiger partial charge in [0.25, 0.3) is 0 Å². The molecular formula is C65H116O6. The summed E-state index contributed by atoms with van der Waals surface area (Å²) in [4.78, 5) is 38.2. The molecule has 0 aliphatic heterocycles. The van der Waals surface area contributed by atoms with Crippen molar-refractivity contribution in [1.82, 2.24) is 0 Å². The standard InChI is InChI=1S/C65H116O6/c1-4-7-10-13-16-19-22-24-26-28-30-32-34-36-38-40-43-46-49-52-55-58-64(67)70-61-62(60-69-63(66)57-54-51-48-45-42-21-18-15-12-9-6-3)71-65(68)59-56-53-50-47-44-41-39-37-35-33-31-29-27-25-23-20-17-14-11-8-5-2/h7,10,16,19,24,26,29-32,62H,4-6,8-9,11-15,17-18,20-23,25,27-28,33-61H2,1-3H3/b10-7-,19-16-,26-24-,31-29-,32-30-. The third-order valence-corrected chi connectivity index (χ3v) is 13.5. The Labute approximate surface area is 440 Å². The van der Waals surface area contributed by atoms with Gasteiger partial charge in [0.15, 0.2) is 6.10 Å².